The van der Waals surface area contributed by atoms with Crippen molar-refractivity contribution in [3.63, 3.8) is 0 Å². The minimum atomic E-state index is -0.231. The van der Waals surface area contributed by atoms with Crippen molar-refractivity contribution < 1.29 is 4.79 Å². The van der Waals surface area contributed by atoms with E-state index in [4.69, 9.17) is 11.6 Å². The first-order valence-electron chi connectivity index (χ1n) is 6.95. The van der Waals surface area contributed by atoms with Crippen LogP contribution in [-0.4, -0.2) is 10.9 Å². The van der Waals surface area contributed by atoms with Crippen LogP contribution in [0.2, 0.25) is 5.02 Å². The number of hydrogen-bond donors (Lipinski definition) is 3. The van der Waals surface area contributed by atoms with Gasteiger partial charge in [0.25, 0.3) is 5.91 Å². The number of aromatic nitrogens is 1. The molecule has 0 fully saturated rings. The summed E-state index contributed by atoms with van der Waals surface area (Å²) in [6.45, 7) is 3.94. The summed E-state index contributed by atoms with van der Waals surface area (Å²) in [5, 5.41) is 1.66. The Morgan fingerprint density at radius 1 is 1.09 bits per heavy atom. The molecule has 0 spiro atoms. The lowest BCUT2D eigenvalue weighted by Crippen LogP contribution is -2.29. The van der Waals surface area contributed by atoms with E-state index in [-0.39, 0.29) is 5.91 Å². The molecule has 0 bridgehead atoms. The fraction of sp³-hybridized carbons (Fsp3) is 0.118. The Labute approximate surface area is 133 Å². The molecule has 4 nitrogen and oxygen atoms in total. The fourth-order valence-corrected chi connectivity index (χ4v) is 2.41. The number of carbonyl (C=O) groups is 1. The smallest absolute Gasteiger partial charge is 0.286 e. The topological polar surface area (TPSA) is 56.9 Å². The quantitative estimate of drug-likeness (QED) is 0.635. The predicted octanol–water partition coefficient (Wildman–Crippen LogP) is 4.20. The van der Waals surface area contributed by atoms with E-state index in [1.54, 1.807) is 6.07 Å². The normalized spacial score (nSPS) is 10.7. The maximum Gasteiger partial charge on any atom is 0.286 e. The number of amides is 1. The van der Waals surface area contributed by atoms with Crippen LogP contribution in [-0.2, 0) is 0 Å². The molecule has 1 heterocycles. The number of nitrogens with one attached hydrogen (secondary N) is 3. The van der Waals surface area contributed by atoms with Gasteiger partial charge in [-0.15, -0.1) is 0 Å². The molecule has 0 atom stereocenters. The average Bonchev–Trinajstić information content (AvgIpc) is 2.91. The molecule has 3 rings (SSSR count). The van der Waals surface area contributed by atoms with Gasteiger partial charge in [-0.05, 0) is 49.2 Å². The van der Waals surface area contributed by atoms with Gasteiger partial charge in [0.05, 0.1) is 5.69 Å². The molecule has 1 amide bonds. The average molecular weight is 314 g/mol. The van der Waals surface area contributed by atoms with Crippen molar-refractivity contribution in [2.24, 2.45) is 0 Å². The van der Waals surface area contributed by atoms with Crippen LogP contribution in [0.3, 0.4) is 0 Å². The van der Waals surface area contributed by atoms with E-state index in [1.807, 2.05) is 50.2 Å². The summed E-state index contributed by atoms with van der Waals surface area (Å²) in [4.78, 5) is 15.3. The minimum Gasteiger partial charge on any atom is -0.350 e. The summed E-state index contributed by atoms with van der Waals surface area (Å²) in [5.74, 6) is -0.231. The van der Waals surface area contributed by atoms with Crippen LogP contribution in [0.15, 0.2) is 42.5 Å². The van der Waals surface area contributed by atoms with Gasteiger partial charge in [0, 0.05) is 15.9 Å². The number of H-pyrrole nitrogens is 1. The summed E-state index contributed by atoms with van der Waals surface area (Å²) < 4.78 is 0. The lowest BCUT2D eigenvalue weighted by molar-refractivity contribution is 0.0958. The molecule has 3 aromatic rings. The van der Waals surface area contributed by atoms with Gasteiger partial charge in [-0.1, -0.05) is 29.8 Å². The standard InChI is InChI=1S/C17H16ClN3O/c1-10-3-5-12-8-16(19-15(12)7-10)17(22)21-20-13-6-4-11(2)14(18)9-13/h3-9,19-20H,1-2H3,(H,21,22). The van der Waals surface area contributed by atoms with Gasteiger partial charge in [0.1, 0.15) is 5.69 Å². The maximum absolute atomic E-state index is 12.2. The molecule has 3 N–H and O–H groups in total. The number of hydrogen-bond acceptors (Lipinski definition) is 2. The number of fused-ring (bicyclic) bond motifs is 1. The highest BCUT2D eigenvalue weighted by atomic mass is 35.5. The third-order valence-corrected chi connectivity index (χ3v) is 3.92. The molecule has 112 valence electrons. The van der Waals surface area contributed by atoms with Gasteiger partial charge >= 0.3 is 0 Å². The van der Waals surface area contributed by atoms with Crippen molar-refractivity contribution in [2.75, 3.05) is 5.43 Å². The van der Waals surface area contributed by atoms with Crippen LogP contribution in [0.25, 0.3) is 10.9 Å². The zero-order valence-corrected chi connectivity index (χ0v) is 13.1. The second kappa shape index (κ2) is 5.73. The van der Waals surface area contributed by atoms with Crippen LogP contribution in [0.1, 0.15) is 21.6 Å². The molecule has 0 saturated carbocycles. The van der Waals surface area contributed by atoms with Crippen molar-refractivity contribution in [3.05, 3.63) is 64.3 Å². The van der Waals surface area contributed by atoms with Crippen LogP contribution in [0, 0.1) is 13.8 Å². The largest absolute Gasteiger partial charge is 0.350 e. The SMILES string of the molecule is Cc1ccc2cc(C(=O)NNc3ccc(C)c(Cl)c3)[nH]c2c1. The zero-order chi connectivity index (χ0) is 15.7. The molecule has 0 saturated heterocycles. The van der Waals surface area contributed by atoms with Gasteiger partial charge in [0.2, 0.25) is 0 Å². The van der Waals surface area contributed by atoms with Crippen molar-refractivity contribution in [1.82, 2.24) is 10.4 Å². The second-order valence-corrected chi connectivity index (χ2v) is 5.72. The maximum atomic E-state index is 12.2. The Balaban J connectivity index is 1.74. The molecule has 0 unspecified atom stereocenters. The number of anilines is 1. The van der Waals surface area contributed by atoms with Crippen LogP contribution < -0.4 is 10.9 Å². The number of hydrazine groups is 1. The molecule has 1 aromatic heterocycles. The summed E-state index contributed by atoms with van der Waals surface area (Å²) in [7, 11) is 0. The van der Waals surface area contributed by atoms with Crippen molar-refractivity contribution in [3.8, 4) is 0 Å². The van der Waals surface area contributed by atoms with E-state index < -0.39 is 0 Å². The van der Waals surface area contributed by atoms with Crippen LogP contribution >= 0.6 is 11.6 Å². The van der Waals surface area contributed by atoms with Crippen LogP contribution in [0.5, 0.6) is 0 Å². The Bertz CT molecular complexity index is 854. The van der Waals surface area contributed by atoms with E-state index in [2.05, 4.69) is 15.8 Å². The highest BCUT2D eigenvalue weighted by Crippen LogP contribution is 2.20. The van der Waals surface area contributed by atoms with E-state index in [1.165, 1.54) is 0 Å². The predicted molar refractivity (Wildman–Crippen MR) is 90.3 cm³/mol. The molecule has 0 radical (unpaired) electrons. The highest BCUT2D eigenvalue weighted by molar-refractivity contribution is 6.31. The van der Waals surface area contributed by atoms with E-state index in [0.29, 0.717) is 10.7 Å². The number of carbonyl (C=O) groups excluding carboxylic acids is 1. The van der Waals surface area contributed by atoms with E-state index >= 15 is 0 Å². The van der Waals surface area contributed by atoms with Crippen molar-refractivity contribution >= 4 is 34.1 Å². The Kier molecular flexibility index (Phi) is 3.77. The molecular formula is C17H16ClN3O. The summed E-state index contributed by atoms with van der Waals surface area (Å²) in [6.07, 6.45) is 0. The first-order valence-corrected chi connectivity index (χ1v) is 7.32. The summed E-state index contributed by atoms with van der Waals surface area (Å²) in [6, 6.07) is 13.4. The number of aromatic amines is 1. The Hall–Kier alpha value is -2.46. The van der Waals surface area contributed by atoms with Gasteiger partial charge < -0.3 is 4.98 Å². The molecular weight excluding hydrogens is 298 g/mol. The lowest BCUT2D eigenvalue weighted by atomic mass is 10.2. The Morgan fingerprint density at radius 2 is 1.91 bits per heavy atom. The second-order valence-electron chi connectivity index (χ2n) is 5.32. The van der Waals surface area contributed by atoms with Gasteiger partial charge in [-0.25, -0.2) is 0 Å². The minimum absolute atomic E-state index is 0.231. The highest BCUT2D eigenvalue weighted by Gasteiger charge is 2.09. The zero-order valence-electron chi connectivity index (χ0n) is 12.3. The van der Waals surface area contributed by atoms with Crippen molar-refractivity contribution in [1.29, 1.82) is 0 Å². The van der Waals surface area contributed by atoms with Gasteiger partial charge in [-0.3, -0.25) is 15.6 Å². The van der Waals surface area contributed by atoms with E-state index in [0.717, 1.165) is 27.7 Å². The molecule has 2 aromatic carbocycles. The Morgan fingerprint density at radius 3 is 2.68 bits per heavy atom. The third kappa shape index (κ3) is 2.92. The number of rotatable bonds is 3. The number of benzene rings is 2. The fourth-order valence-electron chi connectivity index (χ4n) is 2.23. The van der Waals surface area contributed by atoms with Gasteiger partial charge in [0.15, 0.2) is 0 Å². The van der Waals surface area contributed by atoms with E-state index in [9.17, 15) is 4.79 Å². The third-order valence-electron chi connectivity index (χ3n) is 3.51. The van der Waals surface area contributed by atoms with Gasteiger partial charge in [-0.2, -0.15) is 0 Å². The molecule has 0 aliphatic rings. The lowest BCUT2D eigenvalue weighted by Gasteiger charge is -2.08. The number of halogens is 1. The molecule has 22 heavy (non-hydrogen) atoms. The number of aryl methyl sites for hydroxylation is 2. The summed E-state index contributed by atoms with van der Waals surface area (Å²) >= 11 is 6.06. The monoisotopic (exact) mass is 313 g/mol. The molecule has 0 aliphatic carbocycles. The molecule has 0 aliphatic heterocycles. The summed E-state index contributed by atoms with van der Waals surface area (Å²) in [5.41, 5.74) is 9.84. The van der Waals surface area contributed by atoms with Crippen LogP contribution in [0.4, 0.5) is 5.69 Å². The van der Waals surface area contributed by atoms with Crippen molar-refractivity contribution in [2.45, 2.75) is 13.8 Å². The first kappa shape index (κ1) is 14.5. The first-order chi connectivity index (χ1) is 10.5. The molecule has 5 heteroatoms.